The number of amides is 2. The van der Waals surface area contributed by atoms with Crippen LogP contribution in [0.1, 0.15) is 23.2 Å². The average Bonchev–Trinajstić information content (AvgIpc) is 2.65. The first-order valence-corrected chi connectivity index (χ1v) is 7.83. The smallest absolute Gasteiger partial charge is 0.306 e. The summed E-state index contributed by atoms with van der Waals surface area (Å²) in [6.07, 6.45) is 0.222. The summed E-state index contributed by atoms with van der Waals surface area (Å²) in [6, 6.07) is 6.96. The molecule has 0 atom stereocenters. The van der Waals surface area contributed by atoms with E-state index in [9.17, 15) is 14.4 Å². The largest absolute Gasteiger partial charge is 0.497 e. The molecule has 0 saturated carbocycles. The second-order valence-corrected chi connectivity index (χ2v) is 5.48. The topological polar surface area (TPSA) is 76.2 Å². The Morgan fingerprint density at radius 2 is 1.50 bits per heavy atom. The Morgan fingerprint density at radius 3 is 2.04 bits per heavy atom. The van der Waals surface area contributed by atoms with E-state index in [1.165, 1.54) is 7.11 Å². The second kappa shape index (κ2) is 8.33. The maximum atomic E-state index is 12.5. The molecule has 1 aromatic carbocycles. The van der Waals surface area contributed by atoms with Crippen LogP contribution >= 0.6 is 0 Å². The number of rotatable bonds is 5. The minimum atomic E-state index is -0.392. The Hall–Kier alpha value is -2.57. The molecule has 1 aliphatic rings. The molecule has 7 heteroatoms. The zero-order valence-electron chi connectivity index (χ0n) is 14.0. The molecule has 24 heavy (non-hydrogen) atoms. The Balaban J connectivity index is 1.84. The molecule has 2 amide bonds. The third-order valence-electron chi connectivity index (χ3n) is 4.03. The van der Waals surface area contributed by atoms with Crippen LogP contribution in [-0.4, -0.2) is 68.0 Å². The second-order valence-electron chi connectivity index (χ2n) is 5.48. The van der Waals surface area contributed by atoms with Gasteiger partial charge in [-0.15, -0.1) is 0 Å². The molecule has 0 radical (unpaired) electrons. The molecule has 1 aromatic rings. The van der Waals surface area contributed by atoms with Crippen LogP contribution in [0.5, 0.6) is 5.75 Å². The van der Waals surface area contributed by atoms with Gasteiger partial charge < -0.3 is 19.3 Å². The number of esters is 1. The zero-order valence-corrected chi connectivity index (χ0v) is 14.0. The average molecular weight is 334 g/mol. The lowest BCUT2D eigenvalue weighted by Crippen LogP contribution is -2.50. The van der Waals surface area contributed by atoms with Crippen LogP contribution in [0.15, 0.2) is 24.3 Å². The van der Waals surface area contributed by atoms with E-state index in [0.29, 0.717) is 37.5 Å². The van der Waals surface area contributed by atoms with Gasteiger partial charge in [-0.3, -0.25) is 14.4 Å². The first kappa shape index (κ1) is 17.8. The molecule has 7 nitrogen and oxygen atoms in total. The van der Waals surface area contributed by atoms with E-state index in [1.54, 1.807) is 41.2 Å². The number of benzene rings is 1. The molecule has 130 valence electrons. The van der Waals surface area contributed by atoms with E-state index in [1.807, 2.05) is 0 Å². The van der Waals surface area contributed by atoms with E-state index in [0.717, 1.165) is 0 Å². The molecule has 1 aliphatic heterocycles. The number of methoxy groups -OCH3 is 2. The molecule has 0 aliphatic carbocycles. The van der Waals surface area contributed by atoms with Crippen LogP contribution in [0, 0.1) is 0 Å². The summed E-state index contributed by atoms with van der Waals surface area (Å²) in [4.78, 5) is 39.0. The van der Waals surface area contributed by atoms with Crippen LogP contribution in [0.25, 0.3) is 0 Å². The van der Waals surface area contributed by atoms with Gasteiger partial charge in [0.05, 0.1) is 20.6 Å². The number of ether oxygens (including phenoxy) is 2. The molecule has 1 fully saturated rings. The van der Waals surface area contributed by atoms with Gasteiger partial charge in [-0.1, -0.05) is 0 Å². The lowest BCUT2D eigenvalue weighted by Gasteiger charge is -2.34. The summed E-state index contributed by atoms with van der Waals surface area (Å²) in [7, 11) is 2.88. The minimum absolute atomic E-state index is 0.0562. The highest BCUT2D eigenvalue weighted by Crippen LogP contribution is 2.14. The van der Waals surface area contributed by atoms with Gasteiger partial charge in [0.2, 0.25) is 5.91 Å². The Bertz CT molecular complexity index is 592. The number of carbonyl (C=O) groups is 3. The monoisotopic (exact) mass is 334 g/mol. The summed E-state index contributed by atoms with van der Waals surface area (Å²) >= 11 is 0. The van der Waals surface area contributed by atoms with Crippen LogP contribution < -0.4 is 4.74 Å². The van der Waals surface area contributed by atoms with Gasteiger partial charge in [0.25, 0.3) is 5.91 Å². The standard InChI is InChI=1S/C17H22N2O5/c1-23-14-5-3-13(4-6-14)17(22)19-11-9-18(10-12-19)15(20)7-8-16(21)24-2/h3-6H,7-12H2,1-2H3. The molecule has 0 spiro atoms. The van der Waals surface area contributed by atoms with Crippen LogP contribution in [0.4, 0.5) is 0 Å². The van der Waals surface area contributed by atoms with Crippen molar-refractivity contribution in [2.75, 3.05) is 40.4 Å². The normalized spacial score (nSPS) is 14.2. The van der Waals surface area contributed by atoms with Gasteiger partial charge in [0.1, 0.15) is 5.75 Å². The van der Waals surface area contributed by atoms with Gasteiger partial charge in [0, 0.05) is 38.2 Å². The SMILES string of the molecule is COC(=O)CCC(=O)N1CCN(C(=O)c2ccc(OC)cc2)CC1. The maximum Gasteiger partial charge on any atom is 0.306 e. The lowest BCUT2D eigenvalue weighted by atomic mass is 10.1. The van der Waals surface area contributed by atoms with E-state index < -0.39 is 5.97 Å². The van der Waals surface area contributed by atoms with Crippen molar-refractivity contribution in [1.29, 1.82) is 0 Å². The number of carbonyl (C=O) groups excluding carboxylic acids is 3. The van der Waals surface area contributed by atoms with Crippen molar-refractivity contribution in [2.24, 2.45) is 0 Å². The summed E-state index contributed by atoms with van der Waals surface area (Å²) in [5.41, 5.74) is 0.598. The van der Waals surface area contributed by atoms with E-state index in [-0.39, 0.29) is 24.7 Å². The Morgan fingerprint density at radius 1 is 0.917 bits per heavy atom. The van der Waals surface area contributed by atoms with Crippen molar-refractivity contribution in [1.82, 2.24) is 9.80 Å². The fourth-order valence-corrected chi connectivity index (χ4v) is 2.54. The van der Waals surface area contributed by atoms with Gasteiger partial charge in [-0.25, -0.2) is 0 Å². The number of hydrogen-bond donors (Lipinski definition) is 0. The predicted octanol–water partition coefficient (Wildman–Crippen LogP) is 0.933. The van der Waals surface area contributed by atoms with E-state index in [2.05, 4.69) is 4.74 Å². The van der Waals surface area contributed by atoms with Crippen LogP contribution in [0.3, 0.4) is 0 Å². The van der Waals surface area contributed by atoms with Gasteiger partial charge >= 0.3 is 5.97 Å². The molecule has 2 rings (SSSR count). The summed E-state index contributed by atoms with van der Waals surface area (Å²) in [6.45, 7) is 1.91. The van der Waals surface area contributed by atoms with Crippen molar-refractivity contribution >= 4 is 17.8 Å². The Kier molecular flexibility index (Phi) is 6.17. The summed E-state index contributed by atoms with van der Waals surface area (Å²) < 4.78 is 9.61. The van der Waals surface area contributed by atoms with Gasteiger partial charge in [-0.2, -0.15) is 0 Å². The molecule has 1 heterocycles. The lowest BCUT2D eigenvalue weighted by molar-refractivity contribution is -0.143. The van der Waals surface area contributed by atoms with Crippen LogP contribution in [0.2, 0.25) is 0 Å². The van der Waals surface area contributed by atoms with E-state index >= 15 is 0 Å². The molecule has 1 saturated heterocycles. The van der Waals surface area contributed by atoms with Gasteiger partial charge in [0.15, 0.2) is 0 Å². The molecule has 0 bridgehead atoms. The highest BCUT2D eigenvalue weighted by molar-refractivity contribution is 5.94. The Labute approximate surface area is 141 Å². The first-order chi connectivity index (χ1) is 11.5. The fourth-order valence-electron chi connectivity index (χ4n) is 2.54. The fraction of sp³-hybridized carbons (Fsp3) is 0.471. The maximum absolute atomic E-state index is 12.5. The minimum Gasteiger partial charge on any atom is -0.497 e. The molecular formula is C17H22N2O5. The van der Waals surface area contributed by atoms with Crippen molar-refractivity contribution in [3.05, 3.63) is 29.8 Å². The van der Waals surface area contributed by atoms with Crippen molar-refractivity contribution in [2.45, 2.75) is 12.8 Å². The molecule has 0 N–H and O–H groups in total. The third kappa shape index (κ3) is 4.47. The van der Waals surface area contributed by atoms with Crippen molar-refractivity contribution in [3.63, 3.8) is 0 Å². The molecular weight excluding hydrogens is 312 g/mol. The third-order valence-corrected chi connectivity index (χ3v) is 4.03. The van der Waals surface area contributed by atoms with Crippen molar-refractivity contribution in [3.8, 4) is 5.75 Å². The molecule has 0 unspecified atom stereocenters. The first-order valence-electron chi connectivity index (χ1n) is 7.83. The number of nitrogens with zero attached hydrogens (tertiary/aromatic N) is 2. The van der Waals surface area contributed by atoms with Crippen molar-refractivity contribution < 1.29 is 23.9 Å². The zero-order chi connectivity index (χ0) is 17.5. The summed E-state index contributed by atoms with van der Waals surface area (Å²) in [5.74, 6) is 0.167. The highest BCUT2D eigenvalue weighted by atomic mass is 16.5. The number of piperazine rings is 1. The number of hydrogen-bond acceptors (Lipinski definition) is 5. The van der Waals surface area contributed by atoms with Crippen LogP contribution in [-0.2, 0) is 14.3 Å². The summed E-state index contributed by atoms with van der Waals surface area (Å²) in [5, 5.41) is 0. The quantitative estimate of drug-likeness (QED) is 0.749. The van der Waals surface area contributed by atoms with Gasteiger partial charge in [-0.05, 0) is 24.3 Å². The highest BCUT2D eigenvalue weighted by Gasteiger charge is 2.25. The predicted molar refractivity (Wildman–Crippen MR) is 86.7 cm³/mol. The molecule has 0 aromatic heterocycles. The van der Waals surface area contributed by atoms with E-state index in [4.69, 9.17) is 4.74 Å².